The second-order valence-electron chi connectivity index (χ2n) is 6.20. The molecule has 2 aromatic carbocycles. The Kier molecular flexibility index (Phi) is 5.38. The highest BCUT2D eigenvalue weighted by Gasteiger charge is 2.14. The van der Waals surface area contributed by atoms with Gasteiger partial charge in [-0.05, 0) is 54.8 Å². The summed E-state index contributed by atoms with van der Waals surface area (Å²) in [6.07, 6.45) is 1.69. The van der Waals surface area contributed by atoms with E-state index in [0.717, 1.165) is 26.9 Å². The molecule has 0 bridgehead atoms. The highest BCUT2D eigenvalue weighted by molar-refractivity contribution is 9.10. The Hall–Kier alpha value is -2.66. The molecule has 0 unspecified atom stereocenters. The summed E-state index contributed by atoms with van der Waals surface area (Å²) in [7, 11) is 0. The lowest BCUT2D eigenvalue weighted by atomic mass is 10.1. The van der Waals surface area contributed by atoms with Crippen LogP contribution in [-0.4, -0.2) is 10.5 Å². The predicted molar refractivity (Wildman–Crippen MR) is 108 cm³/mol. The van der Waals surface area contributed by atoms with Crippen molar-refractivity contribution < 1.29 is 4.79 Å². The average molecular weight is 411 g/mol. The van der Waals surface area contributed by atoms with E-state index in [9.17, 15) is 9.59 Å². The third-order valence-corrected chi connectivity index (χ3v) is 4.78. The Labute approximate surface area is 160 Å². The molecule has 0 aliphatic heterocycles. The predicted octanol–water partition coefficient (Wildman–Crippen LogP) is 4.53. The van der Waals surface area contributed by atoms with Crippen molar-refractivity contribution in [3.63, 3.8) is 0 Å². The summed E-state index contributed by atoms with van der Waals surface area (Å²) in [5.41, 5.74) is 3.49. The van der Waals surface area contributed by atoms with Crippen molar-refractivity contribution in [1.82, 2.24) is 4.57 Å². The summed E-state index contributed by atoms with van der Waals surface area (Å²) in [6.45, 7) is 4.27. The normalized spacial score (nSPS) is 10.6. The lowest BCUT2D eigenvalue weighted by Gasteiger charge is -2.12. The van der Waals surface area contributed by atoms with Gasteiger partial charge in [0, 0.05) is 16.4 Å². The molecule has 0 aliphatic rings. The maximum atomic E-state index is 12.7. The Morgan fingerprint density at radius 3 is 2.31 bits per heavy atom. The van der Waals surface area contributed by atoms with E-state index in [1.165, 1.54) is 0 Å². The number of rotatable bonds is 4. The van der Waals surface area contributed by atoms with Crippen LogP contribution in [0.3, 0.4) is 0 Å². The van der Waals surface area contributed by atoms with Gasteiger partial charge in [0.15, 0.2) is 0 Å². The minimum absolute atomic E-state index is 0.132. The number of pyridine rings is 1. The monoisotopic (exact) mass is 410 g/mol. The van der Waals surface area contributed by atoms with Crippen LogP contribution < -0.4 is 10.9 Å². The SMILES string of the molecule is Cc1cccc(C)c1NC(=O)c1cccn(Cc2ccc(Br)cc2)c1=O. The number of aryl methyl sites for hydroxylation is 2. The standard InChI is InChI=1S/C21H19BrN2O2/c1-14-5-3-6-15(2)19(14)23-20(25)18-7-4-12-24(21(18)26)13-16-8-10-17(22)11-9-16/h3-12H,13H2,1-2H3,(H,23,25). The fourth-order valence-electron chi connectivity index (χ4n) is 2.81. The zero-order valence-electron chi connectivity index (χ0n) is 14.6. The van der Waals surface area contributed by atoms with Gasteiger partial charge < -0.3 is 9.88 Å². The largest absolute Gasteiger partial charge is 0.321 e. The van der Waals surface area contributed by atoms with E-state index in [-0.39, 0.29) is 11.1 Å². The van der Waals surface area contributed by atoms with Crippen molar-refractivity contribution in [2.75, 3.05) is 5.32 Å². The second kappa shape index (κ2) is 7.70. The van der Waals surface area contributed by atoms with Crippen LogP contribution >= 0.6 is 15.9 Å². The van der Waals surface area contributed by atoms with E-state index < -0.39 is 5.91 Å². The zero-order valence-corrected chi connectivity index (χ0v) is 16.2. The number of nitrogens with one attached hydrogen (secondary N) is 1. The van der Waals surface area contributed by atoms with E-state index in [0.29, 0.717) is 6.54 Å². The van der Waals surface area contributed by atoms with Gasteiger partial charge in [-0.15, -0.1) is 0 Å². The van der Waals surface area contributed by atoms with E-state index in [4.69, 9.17) is 0 Å². The highest BCUT2D eigenvalue weighted by atomic mass is 79.9. The number of para-hydroxylation sites is 1. The minimum atomic E-state index is -0.391. The van der Waals surface area contributed by atoms with Crippen LogP contribution in [0.15, 0.2) is 70.1 Å². The molecule has 0 atom stereocenters. The number of halogens is 1. The van der Waals surface area contributed by atoms with Crippen molar-refractivity contribution in [3.8, 4) is 0 Å². The van der Waals surface area contributed by atoms with Gasteiger partial charge in [0.05, 0.1) is 6.54 Å². The first kappa shape index (κ1) is 18.1. The quantitative estimate of drug-likeness (QED) is 0.686. The second-order valence-corrected chi connectivity index (χ2v) is 7.12. The summed E-state index contributed by atoms with van der Waals surface area (Å²) in [6, 6.07) is 16.8. The molecule has 3 aromatic rings. The van der Waals surface area contributed by atoms with Crippen LogP contribution in [0.1, 0.15) is 27.0 Å². The Morgan fingerprint density at radius 1 is 1.00 bits per heavy atom. The maximum absolute atomic E-state index is 12.7. The third-order valence-electron chi connectivity index (χ3n) is 4.25. The highest BCUT2D eigenvalue weighted by Crippen LogP contribution is 2.20. The van der Waals surface area contributed by atoms with Gasteiger partial charge >= 0.3 is 0 Å². The molecule has 5 heteroatoms. The minimum Gasteiger partial charge on any atom is -0.321 e. The first-order valence-electron chi connectivity index (χ1n) is 8.27. The van der Waals surface area contributed by atoms with Crippen LogP contribution in [0.4, 0.5) is 5.69 Å². The van der Waals surface area contributed by atoms with Crippen LogP contribution in [0.25, 0.3) is 0 Å². The van der Waals surface area contributed by atoms with Gasteiger partial charge in [-0.2, -0.15) is 0 Å². The lowest BCUT2D eigenvalue weighted by Crippen LogP contribution is -2.29. The van der Waals surface area contributed by atoms with E-state index in [1.54, 1.807) is 22.9 Å². The molecule has 0 aliphatic carbocycles. The molecule has 4 nitrogen and oxygen atoms in total. The number of aromatic nitrogens is 1. The number of amides is 1. The molecule has 0 spiro atoms. The summed E-state index contributed by atoms with van der Waals surface area (Å²) in [4.78, 5) is 25.4. The molecule has 0 saturated carbocycles. The molecule has 3 rings (SSSR count). The van der Waals surface area contributed by atoms with Crippen molar-refractivity contribution in [2.45, 2.75) is 20.4 Å². The number of hydrogen-bond acceptors (Lipinski definition) is 2. The number of hydrogen-bond donors (Lipinski definition) is 1. The fourth-order valence-corrected chi connectivity index (χ4v) is 3.08. The van der Waals surface area contributed by atoms with Crippen LogP contribution in [-0.2, 0) is 6.54 Å². The smallest absolute Gasteiger partial charge is 0.263 e. The van der Waals surface area contributed by atoms with Crippen molar-refractivity contribution in [1.29, 1.82) is 0 Å². The Morgan fingerprint density at radius 2 is 1.65 bits per heavy atom. The molecule has 0 fully saturated rings. The van der Waals surface area contributed by atoms with Gasteiger partial charge in [-0.25, -0.2) is 0 Å². The summed E-state index contributed by atoms with van der Waals surface area (Å²) < 4.78 is 2.53. The summed E-state index contributed by atoms with van der Waals surface area (Å²) >= 11 is 3.40. The summed E-state index contributed by atoms with van der Waals surface area (Å²) in [5.74, 6) is -0.391. The zero-order chi connectivity index (χ0) is 18.7. The fraction of sp³-hybridized carbons (Fsp3) is 0.143. The molecular formula is C21H19BrN2O2. The number of anilines is 1. The average Bonchev–Trinajstić information content (AvgIpc) is 2.62. The number of carbonyl (C=O) groups excluding carboxylic acids is 1. The molecule has 26 heavy (non-hydrogen) atoms. The molecular weight excluding hydrogens is 392 g/mol. The van der Waals surface area contributed by atoms with Crippen LogP contribution in [0.5, 0.6) is 0 Å². The Bertz CT molecular complexity index is 987. The molecule has 132 valence electrons. The number of benzene rings is 2. The van der Waals surface area contributed by atoms with Gasteiger partial charge in [0.1, 0.15) is 5.56 Å². The van der Waals surface area contributed by atoms with Crippen LogP contribution in [0.2, 0.25) is 0 Å². The van der Waals surface area contributed by atoms with Crippen molar-refractivity contribution in [2.24, 2.45) is 0 Å². The van der Waals surface area contributed by atoms with Crippen LogP contribution in [0, 0.1) is 13.8 Å². The lowest BCUT2D eigenvalue weighted by molar-refractivity contribution is 0.102. The van der Waals surface area contributed by atoms with E-state index in [1.807, 2.05) is 56.3 Å². The molecule has 1 N–H and O–H groups in total. The Balaban J connectivity index is 1.88. The molecule has 0 saturated heterocycles. The molecule has 1 heterocycles. The molecule has 0 radical (unpaired) electrons. The summed E-state index contributed by atoms with van der Waals surface area (Å²) in [5, 5.41) is 2.88. The first-order chi connectivity index (χ1) is 12.5. The molecule has 1 aromatic heterocycles. The number of carbonyl (C=O) groups is 1. The van der Waals surface area contributed by atoms with Crippen molar-refractivity contribution in [3.05, 3.63) is 97.9 Å². The third kappa shape index (κ3) is 3.94. The van der Waals surface area contributed by atoms with Gasteiger partial charge in [-0.3, -0.25) is 9.59 Å². The van der Waals surface area contributed by atoms with Gasteiger partial charge in [-0.1, -0.05) is 46.3 Å². The number of nitrogens with zero attached hydrogens (tertiary/aromatic N) is 1. The molecule has 1 amide bonds. The van der Waals surface area contributed by atoms with Gasteiger partial charge in [0.2, 0.25) is 0 Å². The topological polar surface area (TPSA) is 51.1 Å². The van der Waals surface area contributed by atoms with E-state index >= 15 is 0 Å². The maximum Gasteiger partial charge on any atom is 0.263 e. The van der Waals surface area contributed by atoms with E-state index in [2.05, 4.69) is 21.2 Å². The first-order valence-corrected chi connectivity index (χ1v) is 9.06. The van der Waals surface area contributed by atoms with Crippen molar-refractivity contribution >= 4 is 27.5 Å². The van der Waals surface area contributed by atoms with Gasteiger partial charge in [0.25, 0.3) is 11.5 Å².